The molecule has 0 aliphatic rings. The number of aromatic hydroxyl groups is 1. The fourth-order valence-electron chi connectivity index (χ4n) is 2.71. The SMILES string of the molecule is CCN(CC)S(=O)(=O)c1cccc(C(=O)N/N=C(\C)c2ccc(OC)cc2O)c1. The number of sulfonamides is 1. The van der Waals surface area contributed by atoms with Gasteiger partial charge in [0.25, 0.3) is 5.91 Å². The topological polar surface area (TPSA) is 108 Å². The fourth-order valence-corrected chi connectivity index (χ4v) is 4.22. The van der Waals surface area contributed by atoms with Gasteiger partial charge in [-0.1, -0.05) is 19.9 Å². The molecule has 0 atom stereocenters. The number of phenolic OH excluding ortho intramolecular Hbond substituents is 1. The van der Waals surface area contributed by atoms with Crippen LogP contribution in [0.3, 0.4) is 0 Å². The number of methoxy groups -OCH3 is 1. The van der Waals surface area contributed by atoms with Gasteiger partial charge in [0, 0.05) is 30.3 Å². The molecule has 2 N–H and O–H groups in total. The first-order valence-corrected chi connectivity index (χ1v) is 10.5. The standard InChI is InChI=1S/C20H25N3O5S/c1-5-23(6-2)29(26,27)17-9-7-8-15(12-17)20(25)22-21-14(3)18-11-10-16(28-4)13-19(18)24/h7-13,24H,5-6H2,1-4H3,(H,22,25)/b21-14+. The first-order chi connectivity index (χ1) is 13.7. The molecule has 156 valence electrons. The van der Waals surface area contributed by atoms with E-state index >= 15 is 0 Å². The number of carbonyl (C=O) groups excluding carboxylic acids is 1. The number of phenols is 1. The van der Waals surface area contributed by atoms with Gasteiger partial charge in [-0.25, -0.2) is 13.8 Å². The second-order valence-corrected chi connectivity index (χ2v) is 8.08. The molecule has 8 nitrogen and oxygen atoms in total. The molecule has 2 rings (SSSR count). The maximum atomic E-state index is 12.6. The van der Waals surface area contributed by atoms with E-state index in [2.05, 4.69) is 10.5 Å². The van der Waals surface area contributed by atoms with E-state index in [1.165, 1.54) is 41.7 Å². The second-order valence-electron chi connectivity index (χ2n) is 6.14. The van der Waals surface area contributed by atoms with Crippen LogP contribution < -0.4 is 10.2 Å². The summed E-state index contributed by atoms with van der Waals surface area (Å²) in [7, 11) is -2.18. The number of ether oxygens (including phenoxy) is 1. The number of amides is 1. The van der Waals surface area contributed by atoms with Crippen LogP contribution in [0.15, 0.2) is 52.5 Å². The average molecular weight is 420 g/mol. The Hall–Kier alpha value is -2.91. The lowest BCUT2D eigenvalue weighted by atomic mass is 10.1. The van der Waals surface area contributed by atoms with E-state index < -0.39 is 15.9 Å². The maximum absolute atomic E-state index is 12.6. The highest BCUT2D eigenvalue weighted by Crippen LogP contribution is 2.24. The number of hydrazone groups is 1. The second kappa shape index (κ2) is 9.53. The Morgan fingerprint density at radius 1 is 1.17 bits per heavy atom. The third-order valence-corrected chi connectivity index (χ3v) is 6.41. The van der Waals surface area contributed by atoms with Gasteiger partial charge < -0.3 is 9.84 Å². The van der Waals surface area contributed by atoms with Crippen molar-refractivity contribution in [2.75, 3.05) is 20.2 Å². The number of carbonyl (C=O) groups is 1. The molecule has 0 heterocycles. The van der Waals surface area contributed by atoms with E-state index in [1.54, 1.807) is 32.9 Å². The summed E-state index contributed by atoms with van der Waals surface area (Å²) in [5.41, 5.74) is 3.36. The Kier molecular flexibility index (Phi) is 7.35. The maximum Gasteiger partial charge on any atom is 0.271 e. The quantitative estimate of drug-likeness (QED) is 0.505. The average Bonchev–Trinajstić information content (AvgIpc) is 2.72. The van der Waals surface area contributed by atoms with E-state index in [4.69, 9.17) is 4.74 Å². The predicted molar refractivity (Wildman–Crippen MR) is 111 cm³/mol. The third kappa shape index (κ3) is 5.12. The van der Waals surface area contributed by atoms with Crippen molar-refractivity contribution >= 4 is 21.6 Å². The first kappa shape index (κ1) is 22.4. The van der Waals surface area contributed by atoms with Crippen LogP contribution in [0, 0.1) is 0 Å². The molecule has 1 amide bonds. The molecule has 0 radical (unpaired) electrons. The van der Waals surface area contributed by atoms with Crippen LogP contribution in [0.1, 0.15) is 36.7 Å². The Bertz CT molecular complexity index is 1010. The van der Waals surface area contributed by atoms with Gasteiger partial charge in [-0.15, -0.1) is 0 Å². The van der Waals surface area contributed by atoms with Gasteiger partial charge in [-0.3, -0.25) is 4.79 Å². The zero-order chi connectivity index (χ0) is 21.6. The number of nitrogens with one attached hydrogen (secondary N) is 1. The molecule has 2 aromatic carbocycles. The highest BCUT2D eigenvalue weighted by Gasteiger charge is 2.22. The zero-order valence-corrected chi connectivity index (χ0v) is 17.7. The van der Waals surface area contributed by atoms with Crippen molar-refractivity contribution in [3.63, 3.8) is 0 Å². The number of hydrogen-bond donors (Lipinski definition) is 2. The number of benzene rings is 2. The Balaban J connectivity index is 2.22. The Morgan fingerprint density at radius 2 is 1.86 bits per heavy atom. The van der Waals surface area contributed by atoms with Crippen molar-refractivity contribution < 1.29 is 23.1 Å². The van der Waals surface area contributed by atoms with E-state index in [0.29, 0.717) is 30.1 Å². The molecule has 2 aromatic rings. The molecule has 0 aliphatic heterocycles. The molecule has 0 spiro atoms. The van der Waals surface area contributed by atoms with Crippen molar-refractivity contribution in [2.45, 2.75) is 25.7 Å². The first-order valence-electron chi connectivity index (χ1n) is 9.06. The van der Waals surface area contributed by atoms with E-state index in [1.807, 2.05) is 0 Å². The zero-order valence-electron chi connectivity index (χ0n) is 16.8. The van der Waals surface area contributed by atoms with Crippen molar-refractivity contribution in [1.29, 1.82) is 0 Å². The van der Waals surface area contributed by atoms with Gasteiger partial charge >= 0.3 is 0 Å². The Labute approximate surface area is 170 Å². The minimum Gasteiger partial charge on any atom is -0.507 e. The van der Waals surface area contributed by atoms with Gasteiger partial charge in [0.15, 0.2) is 0 Å². The summed E-state index contributed by atoms with van der Waals surface area (Å²) in [4.78, 5) is 12.5. The summed E-state index contributed by atoms with van der Waals surface area (Å²) < 4.78 is 31.6. The number of rotatable bonds is 8. The molecule has 0 bridgehead atoms. The minimum absolute atomic E-state index is 0.0350. The van der Waals surface area contributed by atoms with Crippen LogP contribution in [0.5, 0.6) is 11.5 Å². The van der Waals surface area contributed by atoms with Crippen LogP contribution in [0.25, 0.3) is 0 Å². The van der Waals surface area contributed by atoms with Gasteiger partial charge in [0.2, 0.25) is 10.0 Å². The van der Waals surface area contributed by atoms with Crippen LogP contribution in [0.4, 0.5) is 0 Å². The summed E-state index contributed by atoms with van der Waals surface area (Å²) in [5, 5.41) is 14.1. The summed E-state index contributed by atoms with van der Waals surface area (Å²) in [6, 6.07) is 10.5. The number of nitrogens with zero attached hydrogens (tertiary/aromatic N) is 2. The fraction of sp³-hybridized carbons (Fsp3) is 0.300. The molecular formula is C20H25N3O5S. The largest absolute Gasteiger partial charge is 0.507 e. The molecular weight excluding hydrogens is 394 g/mol. The van der Waals surface area contributed by atoms with Crippen LogP contribution in [0.2, 0.25) is 0 Å². The smallest absolute Gasteiger partial charge is 0.271 e. The summed E-state index contributed by atoms with van der Waals surface area (Å²) in [6.45, 7) is 5.81. The Morgan fingerprint density at radius 3 is 2.45 bits per heavy atom. The normalized spacial score (nSPS) is 12.1. The van der Waals surface area contributed by atoms with Crippen molar-refractivity contribution in [1.82, 2.24) is 9.73 Å². The summed E-state index contributed by atoms with van der Waals surface area (Å²) in [6.07, 6.45) is 0. The molecule has 0 saturated carbocycles. The van der Waals surface area contributed by atoms with Crippen LogP contribution in [-0.4, -0.2) is 49.6 Å². The van der Waals surface area contributed by atoms with Crippen LogP contribution in [-0.2, 0) is 10.0 Å². The van der Waals surface area contributed by atoms with E-state index in [-0.39, 0.29) is 16.2 Å². The lowest BCUT2D eigenvalue weighted by Crippen LogP contribution is -2.30. The molecule has 0 unspecified atom stereocenters. The van der Waals surface area contributed by atoms with Crippen LogP contribution >= 0.6 is 0 Å². The summed E-state index contributed by atoms with van der Waals surface area (Å²) >= 11 is 0. The molecule has 29 heavy (non-hydrogen) atoms. The lowest BCUT2D eigenvalue weighted by Gasteiger charge is -2.18. The van der Waals surface area contributed by atoms with Gasteiger partial charge in [-0.05, 0) is 37.3 Å². The molecule has 0 aliphatic carbocycles. The molecule has 0 fully saturated rings. The third-order valence-electron chi connectivity index (χ3n) is 4.36. The lowest BCUT2D eigenvalue weighted by molar-refractivity contribution is 0.0954. The van der Waals surface area contributed by atoms with Crippen molar-refractivity contribution in [2.24, 2.45) is 5.10 Å². The molecule has 0 saturated heterocycles. The van der Waals surface area contributed by atoms with Gasteiger partial charge in [-0.2, -0.15) is 9.41 Å². The van der Waals surface area contributed by atoms with Gasteiger partial charge in [0.05, 0.1) is 17.7 Å². The van der Waals surface area contributed by atoms with E-state index in [0.717, 1.165) is 0 Å². The molecule has 9 heteroatoms. The monoisotopic (exact) mass is 419 g/mol. The summed E-state index contributed by atoms with van der Waals surface area (Å²) in [5.74, 6) is -0.101. The highest BCUT2D eigenvalue weighted by atomic mass is 32.2. The minimum atomic E-state index is -3.67. The van der Waals surface area contributed by atoms with Gasteiger partial charge in [0.1, 0.15) is 11.5 Å². The van der Waals surface area contributed by atoms with E-state index in [9.17, 15) is 18.3 Å². The van der Waals surface area contributed by atoms with Crippen molar-refractivity contribution in [3.8, 4) is 11.5 Å². The highest BCUT2D eigenvalue weighted by molar-refractivity contribution is 7.89. The predicted octanol–water partition coefficient (Wildman–Crippen LogP) is 2.59. The van der Waals surface area contributed by atoms with Crippen molar-refractivity contribution in [3.05, 3.63) is 53.6 Å². The molecule has 0 aromatic heterocycles. The number of hydrogen-bond acceptors (Lipinski definition) is 6.